The number of rotatable bonds is 0. The standard InChI is InChI=1S/CH2OS2.Mg.2H/c2-1(3)4;;;/h(H2,2,3,4);;;. The van der Waals surface area contributed by atoms with Gasteiger partial charge in [0.05, 0.1) is 0 Å². The van der Waals surface area contributed by atoms with Gasteiger partial charge in [0.25, 0.3) is 0 Å². The summed E-state index contributed by atoms with van der Waals surface area (Å²) in [6, 6.07) is 0. The first-order valence-corrected chi connectivity index (χ1v) is 1.51. The Bertz CT molecular complexity index is 32.6. The Hall–Kier alpha value is 1.01. The first-order valence-electron chi connectivity index (χ1n) is 0.651. The monoisotopic (exact) mass is 120 g/mol. The molecule has 1 N–H and O–H groups in total. The maximum absolute atomic E-state index is 7.65. The van der Waals surface area contributed by atoms with Crippen molar-refractivity contribution in [2.45, 2.75) is 0 Å². The number of aliphatic hydroxyl groups is 1. The van der Waals surface area contributed by atoms with Gasteiger partial charge in [0, 0.05) is 0 Å². The highest BCUT2D eigenvalue weighted by Crippen LogP contribution is 1.68. The van der Waals surface area contributed by atoms with Gasteiger partial charge in [-0.3, -0.25) is 0 Å². The van der Waals surface area contributed by atoms with Gasteiger partial charge in [0.15, 0.2) is 0 Å². The molecule has 4 heteroatoms. The molecule has 0 aromatic rings. The Morgan fingerprint density at radius 1 is 1.80 bits per heavy atom. The van der Waals surface area contributed by atoms with Crippen LogP contribution in [-0.2, 0) is 0 Å². The summed E-state index contributed by atoms with van der Waals surface area (Å²) in [5.41, 5.74) is 0. The lowest BCUT2D eigenvalue weighted by Crippen LogP contribution is -1.66. The molecule has 0 atom stereocenters. The molecule has 0 aliphatic heterocycles. The molecule has 0 spiro atoms. The maximum atomic E-state index is 7.65. The van der Waals surface area contributed by atoms with Crippen molar-refractivity contribution < 1.29 is 5.11 Å². The van der Waals surface area contributed by atoms with E-state index in [1.807, 2.05) is 0 Å². The summed E-state index contributed by atoms with van der Waals surface area (Å²) < 4.78 is -0.306. The van der Waals surface area contributed by atoms with E-state index in [0.29, 0.717) is 0 Å². The van der Waals surface area contributed by atoms with Crippen molar-refractivity contribution in [1.82, 2.24) is 0 Å². The summed E-state index contributed by atoms with van der Waals surface area (Å²) in [7, 11) is 0. The van der Waals surface area contributed by atoms with Gasteiger partial charge in [-0.1, -0.05) is 12.6 Å². The lowest BCUT2D eigenvalue weighted by molar-refractivity contribution is 0.586. The zero-order valence-electron chi connectivity index (χ0n) is 1.80. The molecular weight excluding hydrogens is 116 g/mol. The van der Waals surface area contributed by atoms with Gasteiger partial charge in [-0.2, -0.15) is 0 Å². The predicted octanol–water partition coefficient (Wildman–Crippen LogP) is -0.157. The van der Waals surface area contributed by atoms with Crippen LogP contribution in [-0.4, -0.2) is 32.5 Å². The fraction of sp³-hybridized carbons (Fsp3) is 0. The van der Waals surface area contributed by atoms with Gasteiger partial charge in [0.2, 0.25) is 4.38 Å². The molecule has 0 saturated heterocycles. The van der Waals surface area contributed by atoms with Crippen LogP contribution in [0.5, 0.6) is 0 Å². The predicted molar refractivity (Wildman–Crippen MR) is 32.8 cm³/mol. The van der Waals surface area contributed by atoms with Crippen molar-refractivity contribution in [2.75, 3.05) is 0 Å². The van der Waals surface area contributed by atoms with Crippen molar-refractivity contribution in [2.24, 2.45) is 0 Å². The Morgan fingerprint density at radius 2 is 1.80 bits per heavy atom. The molecule has 0 amide bonds. The molecule has 0 aromatic carbocycles. The minimum atomic E-state index is -0.306. The molecule has 0 radical (unpaired) electrons. The van der Waals surface area contributed by atoms with E-state index in [0.717, 1.165) is 0 Å². The van der Waals surface area contributed by atoms with Crippen LogP contribution in [0, 0.1) is 0 Å². The second kappa shape index (κ2) is 5.01. The van der Waals surface area contributed by atoms with Crippen LogP contribution >= 0.6 is 24.8 Å². The Labute approximate surface area is 57.3 Å². The molecule has 0 aliphatic rings. The third-order valence-corrected chi connectivity index (χ3v) is 0. The molecule has 0 aromatic heterocycles. The highest BCUT2D eigenvalue weighted by atomic mass is 32.1. The van der Waals surface area contributed by atoms with E-state index in [2.05, 4.69) is 24.8 Å². The third-order valence-electron chi connectivity index (χ3n) is 0. The van der Waals surface area contributed by atoms with Crippen molar-refractivity contribution in [1.29, 1.82) is 0 Å². The van der Waals surface area contributed by atoms with Gasteiger partial charge < -0.3 is 5.11 Å². The number of thiol groups is 1. The van der Waals surface area contributed by atoms with E-state index in [-0.39, 0.29) is 27.4 Å². The van der Waals surface area contributed by atoms with Gasteiger partial charge in [-0.05, 0) is 12.2 Å². The maximum Gasteiger partial charge on any atom is 0.316 e. The van der Waals surface area contributed by atoms with Gasteiger partial charge in [-0.15, -0.1) is 0 Å². The van der Waals surface area contributed by atoms with Crippen molar-refractivity contribution >= 4 is 52.3 Å². The van der Waals surface area contributed by atoms with Gasteiger partial charge >= 0.3 is 23.1 Å². The minimum absolute atomic E-state index is 0. The molecule has 0 aliphatic carbocycles. The highest BCUT2D eigenvalue weighted by Gasteiger charge is 1.59. The largest absolute Gasteiger partial charge is 0.494 e. The Kier molecular flexibility index (Phi) is 9.39. The number of aliphatic hydroxyl groups excluding tert-OH is 1. The second-order valence-electron chi connectivity index (χ2n) is 0.283. The third kappa shape index (κ3) is 44.7. The fourth-order valence-electron chi connectivity index (χ4n) is 0. The molecule has 28 valence electrons. The van der Waals surface area contributed by atoms with Gasteiger partial charge in [-0.25, -0.2) is 0 Å². The number of hydrogen-bond acceptors (Lipinski definition) is 1. The lowest BCUT2D eigenvalue weighted by Gasteiger charge is -1.63. The van der Waals surface area contributed by atoms with Crippen LogP contribution in [0.3, 0.4) is 0 Å². The highest BCUT2D eigenvalue weighted by molar-refractivity contribution is 8.10. The van der Waals surface area contributed by atoms with E-state index in [1.54, 1.807) is 0 Å². The van der Waals surface area contributed by atoms with E-state index in [1.165, 1.54) is 0 Å². The van der Waals surface area contributed by atoms with Crippen LogP contribution in [0.25, 0.3) is 0 Å². The van der Waals surface area contributed by atoms with Crippen LogP contribution < -0.4 is 0 Å². The zero-order valence-corrected chi connectivity index (χ0v) is 3.51. The smallest absolute Gasteiger partial charge is 0.316 e. The van der Waals surface area contributed by atoms with Crippen molar-refractivity contribution in [3.05, 3.63) is 0 Å². The molecular formula is CH4MgOS2. The lowest BCUT2D eigenvalue weighted by atomic mass is 11.7. The van der Waals surface area contributed by atoms with Gasteiger partial charge in [0.1, 0.15) is 0 Å². The Morgan fingerprint density at radius 3 is 1.80 bits per heavy atom. The van der Waals surface area contributed by atoms with Crippen LogP contribution in [0.15, 0.2) is 0 Å². The van der Waals surface area contributed by atoms with E-state index in [4.69, 9.17) is 5.11 Å². The molecule has 0 unspecified atom stereocenters. The summed E-state index contributed by atoms with van der Waals surface area (Å²) in [5.74, 6) is 0. The first kappa shape index (κ1) is 9.38. The van der Waals surface area contributed by atoms with E-state index < -0.39 is 0 Å². The molecule has 1 nitrogen and oxygen atoms in total. The zero-order chi connectivity index (χ0) is 3.58. The summed E-state index contributed by atoms with van der Waals surface area (Å²) >= 11 is 7.21. The number of thiocarbonyl (C=S) groups is 1. The van der Waals surface area contributed by atoms with Crippen LogP contribution in [0.1, 0.15) is 0 Å². The minimum Gasteiger partial charge on any atom is -0.494 e. The van der Waals surface area contributed by atoms with Crippen LogP contribution in [0.2, 0.25) is 0 Å². The van der Waals surface area contributed by atoms with Crippen LogP contribution in [0.4, 0.5) is 0 Å². The Balaban J connectivity index is 0. The van der Waals surface area contributed by atoms with E-state index in [9.17, 15) is 0 Å². The molecule has 0 saturated carbocycles. The summed E-state index contributed by atoms with van der Waals surface area (Å²) in [5, 5.41) is 7.65. The molecule has 0 fully saturated rings. The summed E-state index contributed by atoms with van der Waals surface area (Å²) in [6.07, 6.45) is 0. The average molecular weight is 120 g/mol. The summed E-state index contributed by atoms with van der Waals surface area (Å²) in [4.78, 5) is 0. The number of hydrogen-bond donors (Lipinski definition) is 2. The SMILES string of the molecule is OC(=S)S.[MgH2]. The normalized spacial score (nSPS) is 5.00. The van der Waals surface area contributed by atoms with E-state index >= 15 is 0 Å². The molecule has 0 heterocycles. The topological polar surface area (TPSA) is 20.2 Å². The van der Waals surface area contributed by atoms with Crippen molar-refractivity contribution in [3.8, 4) is 0 Å². The first-order chi connectivity index (χ1) is 1.73. The molecule has 0 rings (SSSR count). The molecule has 0 bridgehead atoms. The summed E-state index contributed by atoms with van der Waals surface area (Å²) in [6.45, 7) is 0. The fourth-order valence-corrected chi connectivity index (χ4v) is 0. The second-order valence-corrected chi connectivity index (χ2v) is 1.40. The van der Waals surface area contributed by atoms with Crippen molar-refractivity contribution in [3.63, 3.8) is 0 Å². The average Bonchev–Trinajstić information content (AvgIpc) is 0.811. The quantitative estimate of drug-likeness (QED) is 0.263. The molecule has 5 heavy (non-hydrogen) atoms.